The van der Waals surface area contributed by atoms with Crippen LogP contribution in [0.15, 0.2) is 0 Å². The van der Waals surface area contributed by atoms with Crippen molar-refractivity contribution in [3.8, 4) is 0 Å². The van der Waals surface area contributed by atoms with Crippen molar-refractivity contribution in [3.63, 3.8) is 0 Å². The SMILES string of the molecule is CC(C)(C)C1CCCC(O)(CC=O)CC1. The van der Waals surface area contributed by atoms with E-state index < -0.39 is 5.60 Å². The lowest BCUT2D eigenvalue weighted by Gasteiger charge is -2.30. The Morgan fingerprint density at radius 3 is 2.53 bits per heavy atom. The zero-order chi connectivity index (χ0) is 11.5. The summed E-state index contributed by atoms with van der Waals surface area (Å²) in [4.78, 5) is 10.5. The van der Waals surface area contributed by atoms with Crippen LogP contribution in [0.5, 0.6) is 0 Å². The van der Waals surface area contributed by atoms with E-state index in [1.165, 1.54) is 6.42 Å². The fourth-order valence-electron chi connectivity index (χ4n) is 2.62. The maximum atomic E-state index is 10.5. The van der Waals surface area contributed by atoms with Crippen molar-refractivity contribution in [2.75, 3.05) is 0 Å². The Kier molecular flexibility index (Phi) is 3.93. The highest BCUT2D eigenvalue weighted by molar-refractivity contribution is 5.51. The van der Waals surface area contributed by atoms with Crippen LogP contribution in [0.1, 0.15) is 59.3 Å². The highest BCUT2D eigenvalue weighted by Gasteiger charge is 2.34. The Hall–Kier alpha value is -0.370. The molecule has 1 aliphatic rings. The lowest BCUT2D eigenvalue weighted by atomic mass is 9.76. The van der Waals surface area contributed by atoms with Gasteiger partial charge < -0.3 is 9.90 Å². The smallest absolute Gasteiger partial charge is 0.122 e. The molecule has 0 aromatic carbocycles. The van der Waals surface area contributed by atoms with Gasteiger partial charge in [0.2, 0.25) is 0 Å². The molecule has 1 saturated carbocycles. The fourth-order valence-corrected chi connectivity index (χ4v) is 2.62. The molecule has 2 heteroatoms. The van der Waals surface area contributed by atoms with Gasteiger partial charge in [-0.25, -0.2) is 0 Å². The second-order valence-electron chi connectivity index (χ2n) is 6.09. The molecular weight excluding hydrogens is 188 g/mol. The van der Waals surface area contributed by atoms with Crippen LogP contribution in [0.25, 0.3) is 0 Å². The summed E-state index contributed by atoms with van der Waals surface area (Å²) in [5.41, 5.74) is -0.381. The van der Waals surface area contributed by atoms with Gasteiger partial charge in [0, 0.05) is 6.42 Å². The van der Waals surface area contributed by atoms with Crippen molar-refractivity contribution in [1.29, 1.82) is 0 Å². The largest absolute Gasteiger partial charge is 0.389 e. The molecule has 0 spiro atoms. The van der Waals surface area contributed by atoms with Crippen LogP contribution >= 0.6 is 0 Å². The molecule has 0 radical (unpaired) electrons. The standard InChI is InChI=1S/C13H24O2/c1-12(2,3)11-5-4-7-13(15,8-6-11)9-10-14/h10-11,15H,4-9H2,1-3H3. The molecule has 0 saturated heterocycles. The first kappa shape index (κ1) is 12.7. The lowest BCUT2D eigenvalue weighted by Crippen LogP contribution is -2.28. The quantitative estimate of drug-likeness (QED) is 0.564. The highest BCUT2D eigenvalue weighted by atomic mass is 16.3. The van der Waals surface area contributed by atoms with Gasteiger partial charge in [0.15, 0.2) is 0 Å². The summed E-state index contributed by atoms with van der Waals surface area (Å²) >= 11 is 0. The third-order valence-electron chi connectivity index (χ3n) is 3.84. The fraction of sp³-hybridized carbons (Fsp3) is 0.923. The maximum absolute atomic E-state index is 10.5. The van der Waals surface area contributed by atoms with Crippen molar-refractivity contribution < 1.29 is 9.90 Å². The summed E-state index contributed by atoms with van der Waals surface area (Å²) in [6.45, 7) is 6.80. The van der Waals surface area contributed by atoms with Crippen molar-refractivity contribution in [2.45, 2.75) is 64.9 Å². The third-order valence-corrected chi connectivity index (χ3v) is 3.84. The summed E-state index contributed by atoms with van der Waals surface area (Å²) in [7, 11) is 0. The normalized spacial score (nSPS) is 33.5. The molecule has 2 unspecified atom stereocenters. The van der Waals surface area contributed by atoms with E-state index in [0.717, 1.165) is 32.0 Å². The predicted octanol–water partition coefficient (Wildman–Crippen LogP) is 2.93. The molecule has 1 fully saturated rings. The summed E-state index contributed by atoms with van der Waals surface area (Å²) in [6, 6.07) is 0. The zero-order valence-electron chi connectivity index (χ0n) is 10.3. The number of hydrogen-bond donors (Lipinski definition) is 1. The van der Waals surface area contributed by atoms with Gasteiger partial charge in [-0.1, -0.05) is 27.2 Å². The molecule has 88 valence electrons. The van der Waals surface area contributed by atoms with Crippen LogP contribution in [-0.2, 0) is 4.79 Å². The van der Waals surface area contributed by atoms with E-state index in [4.69, 9.17) is 0 Å². The minimum atomic E-state index is -0.707. The van der Waals surface area contributed by atoms with Gasteiger partial charge in [-0.15, -0.1) is 0 Å². The molecule has 0 heterocycles. The van der Waals surface area contributed by atoms with Gasteiger partial charge >= 0.3 is 0 Å². The Labute approximate surface area is 93.1 Å². The third kappa shape index (κ3) is 3.60. The van der Waals surface area contributed by atoms with Crippen molar-refractivity contribution in [2.24, 2.45) is 11.3 Å². The van der Waals surface area contributed by atoms with Gasteiger partial charge in [0.1, 0.15) is 6.29 Å². The molecule has 0 aliphatic heterocycles. The Balaban J connectivity index is 2.59. The van der Waals surface area contributed by atoms with Crippen molar-refractivity contribution in [3.05, 3.63) is 0 Å². The minimum absolute atomic E-state index is 0.309. The van der Waals surface area contributed by atoms with Crippen LogP contribution in [-0.4, -0.2) is 17.0 Å². The topological polar surface area (TPSA) is 37.3 Å². The second kappa shape index (κ2) is 4.65. The van der Waals surface area contributed by atoms with Gasteiger partial charge in [-0.3, -0.25) is 0 Å². The van der Waals surface area contributed by atoms with Gasteiger partial charge in [-0.2, -0.15) is 0 Å². The van der Waals surface area contributed by atoms with Crippen LogP contribution in [0.3, 0.4) is 0 Å². The van der Waals surface area contributed by atoms with Gasteiger partial charge in [0.05, 0.1) is 5.60 Å². The van der Waals surface area contributed by atoms with Crippen molar-refractivity contribution in [1.82, 2.24) is 0 Å². The lowest BCUT2D eigenvalue weighted by molar-refractivity contribution is -0.112. The molecule has 0 amide bonds. The molecule has 0 bridgehead atoms. The molecule has 1 rings (SSSR count). The van der Waals surface area contributed by atoms with Gasteiger partial charge in [0.25, 0.3) is 0 Å². The summed E-state index contributed by atoms with van der Waals surface area (Å²) in [5, 5.41) is 10.2. The average Bonchev–Trinajstić information content (AvgIpc) is 2.26. The molecular formula is C13H24O2. The van der Waals surface area contributed by atoms with Crippen LogP contribution < -0.4 is 0 Å². The number of rotatable bonds is 2. The minimum Gasteiger partial charge on any atom is -0.389 e. The van der Waals surface area contributed by atoms with E-state index in [2.05, 4.69) is 20.8 Å². The summed E-state index contributed by atoms with van der Waals surface area (Å²) < 4.78 is 0. The van der Waals surface area contributed by atoms with E-state index >= 15 is 0 Å². The molecule has 1 N–H and O–H groups in total. The second-order valence-corrected chi connectivity index (χ2v) is 6.09. The molecule has 0 aromatic heterocycles. The maximum Gasteiger partial charge on any atom is 0.122 e. The number of aldehydes is 1. The van der Waals surface area contributed by atoms with E-state index in [-0.39, 0.29) is 0 Å². The monoisotopic (exact) mass is 212 g/mol. The van der Waals surface area contributed by atoms with E-state index in [0.29, 0.717) is 17.8 Å². The molecule has 2 nitrogen and oxygen atoms in total. The average molecular weight is 212 g/mol. The van der Waals surface area contributed by atoms with Gasteiger partial charge in [-0.05, 0) is 37.0 Å². The Bertz CT molecular complexity index is 217. The Morgan fingerprint density at radius 2 is 2.00 bits per heavy atom. The number of carbonyl (C=O) groups excluding carboxylic acids is 1. The summed E-state index contributed by atoms with van der Waals surface area (Å²) in [5.74, 6) is 0.679. The van der Waals surface area contributed by atoms with Crippen LogP contribution in [0.2, 0.25) is 0 Å². The number of carbonyl (C=O) groups is 1. The van der Waals surface area contributed by atoms with Crippen molar-refractivity contribution >= 4 is 6.29 Å². The molecule has 1 aliphatic carbocycles. The summed E-state index contributed by atoms with van der Waals surface area (Å²) in [6.07, 6.45) is 6.03. The first-order chi connectivity index (χ1) is 6.87. The highest BCUT2D eigenvalue weighted by Crippen LogP contribution is 2.40. The Morgan fingerprint density at radius 1 is 1.33 bits per heavy atom. The molecule has 15 heavy (non-hydrogen) atoms. The molecule has 2 atom stereocenters. The molecule has 0 aromatic rings. The first-order valence-electron chi connectivity index (χ1n) is 6.03. The van der Waals surface area contributed by atoms with E-state index in [1.807, 2.05) is 0 Å². The number of hydrogen-bond acceptors (Lipinski definition) is 2. The van der Waals surface area contributed by atoms with E-state index in [9.17, 15) is 9.90 Å². The van der Waals surface area contributed by atoms with E-state index in [1.54, 1.807) is 0 Å². The predicted molar refractivity (Wildman–Crippen MR) is 61.7 cm³/mol. The first-order valence-corrected chi connectivity index (χ1v) is 6.03. The van der Waals surface area contributed by atoms with Crippen LogP contribution in [0, 0.1) is 11.3 Å². The zero-order valence-corrected chi connectivity index (χ0v) is 10.3. The number of aliphatic hydroxyl groups is 1. The van der Waals surface area contributed by atoms with Crippen LogP contribution in [0.4, 0.5) is 0 Å².